The van der Waals surface area contributed by atoms with E-state index in [0.29, 0.717) is 0 Å². The molecule has 0 fully saturated rings. The number of hydrogen-bond donors (Lipinski definition) is 1. The fraction of sp³-hybridized carbons (Fsp3) is 0.385. The van der Waals surface area contributed by atoms with E-state index in [0.717, 1.165) is 17.3 Å². The maximum absolute atomic E-state index is 6.25. The van der Waals surface area contributed by atoms with Crippen LogP contribution >= 0.6 is 15.9 Å². The van der Waals surface area contributed by atoms with Crippen molar-refractivity contribution in [1.82, 2.24) is 4.57 Å². The first kappa shape index (κ1) is 10.4. The van der Waals surface area contributed by atoms with E-state index in [2.05, 4.69) is 45.7 Å². The molecular formula is C13H15BrN2. The molecule has 2 nitrogen and oxygen atoms in total. The molecule has 1 aromatic heterocycles. The van der Waals surface area contributed by atoms with Crippen LogP contribution in [-0.2, 0) is 13.5 Å². The van der Waals surface area contributed by atoms with Crippen LogP contribution < -0.4 is 5.73 Å². The molecule has 1 heterocycles. The molecule has 2 N–H and O–H groups in total. The van der Waals surface area contributed by atoms with Gasteiger partial charge in [-0.05, 0) is 43.0 Å². The van der Waals surface area contributed by atoms with Gasteiger partial charge in [-0.15, -0.1) is 0 Å². The first-order chi connectivity index (χ1) is 7.68. The molecular weight excluding hydrogens is 264 g/mol. The van der Waals surface area contributed by atoms with Crippen LogP contribution in [0.3, 0.4) is 0 Å². The topological polar surface area (TPSA) is 30.9 Å². The Balaban J connectivity index is 2.40. The minimum absolute atomic E-state index is 0.210. The van der Waals surface area contributed by atoms with Gasteiger partial charge in [0.1, 0.15) is 0 Å². The fourth-order valence-corrected chi connectivity index (χ4v) is 3.21. The summed E-state index contributed by atoms with van der Waals surface area (Å²) in [6.07, 6.45) is 3.48. The van der Waals surface area contributed by atoms with Crippen molar-refractivity contribution in [3.05, 3.63) is 33.9 Å². The molecule has 0 amide bonds. The summed E-state index contributed by atoms with van der Waals surface area (Å²) in [5, 5.41) is 1.32. The molecule has 0 saturated heterocycles. The SMILES string of the molecule is Cn1c2c(c3cc(Br)ccc31)C(N)CCC2. The van der Waals surface area contributed by atoms with Crippen LogP contribution in [0.5, 0.6) is 0 Å². The molecule has 2 aromatic rings. The van der Waals surface area contributed by atoms with E-state index >= 15 is 0 Å². The van der Waals surface area contributed by atoms with Gasteiger partial charge < -0.3 is 10.3 Å². The van der Waals surface area contributed by atoms with Gasteiger partial charge in [-0.25, -0.2) is 0 Å². The van der Waals surface area contributed by atoms with Gasteiger partial charge in [-0.2, -0.15) is 0 Å². The zero-order valence-electron chi connectivity index (χ0n) is 9.33. The number of rotatable bonds is 0. The van der Waals surface area contributed by atoms with E-state index in [4.69, 9.17) is 5.73 Å². The zero-order valence-corrected chi connectivity index (χ0v) is 10.9. The van der Waals surface area contributed by atoms with Gasteiger partial charge in [0, 0.05) is 34.2 Å². The van der Waals surface area contributed by atoms with Crippen molar-refractivity contribution in [1.29, 1.82) is 0 Å². The lowest BCUT2D eigenvalue weighted by Crippen LogP contribution is -2.17. The Morgan fingerprint density at radius 3 is 3.06 bits per heavy atom. The van der Waals surface area contributed by atoms with Crippen molar-refractivity contribution in [2.45, 2.75) is 25.3 Å². The number of aryl methyl sites for hydroxylation is 1. The molecule has 0 spiro atoms. The third-order valence-corrected chi connectivity index (χ3v) is 4.12. The number of aromatic nitrogens is 1. The molecule has 1 atom stereocenters. The average Bonchev–Trinajstić information content (AvgIpc) is 2.54. The maximum atomic E-state index is 6.25. The highest BCUT2D eigenvalue weighted by Crippen LogP contribution is 2.37. The molecule has 1 aromatic carbocycles. The minimum atomic E-state index is 0.210. The van der Waals surface area contributed by atoms with Gasteiger partial charge in [0.15, 0.2) is 0 Å². The number of nitrogens with zero attached hydrogens (tertiary/aromatic N) is 1. The Morgan fingerprint density at radius 2 is 2.25 bits per heavy atom. The Morgan fingerprint density at radius 1 is 1.44 bits per heavy atom. The van der Waals surface area contributed by atoms with Gasteiger partial charge in [0.2, 0.25) is 0 Å². The summed E-state index contributed by atoms with van der Waals surface area (Å²) in [5.74, 6) is 0. The number of hydrogen-bond acceptors (Lipinski definition) is 1. The first-order valence-corrected chi connectivity index (χ1v) is 6.50. The highest BCUT2D eigenvalue weighted by Gasteiger charge is 2.23. The molecule has 0 bridgehead atoms. The standard InChI is InChI=1S/C13H15BrN2/c1-16-11-6-5-8(14)7-9(11)13-10(15)3-2-4-12(13)16/h5-7,10H,2-4,15H2,1H3. The van der Waals surface area contributed by atoms with Crippen LogP contribution in [0, 0.1) is 0 Å². The van der Waals surface area contributed by atoms with E-state index in [1.165, 1.54) is 28.6 Å². The van der Waals surface area contributed by atoms with Crippen LogP contribution in [0.4, 0.5) is 0 Å². The minimum Gasteiger partial charge on any atom is -0.347 e. The van der Waals surface area contributed by atoms with Gasteiger partial charge in [-0.3, -0.25) is 0 Å². The van der Waals surface area contributed by atoms with Crippen LogP contribution in [0.25, 0.3) is 10.9 Å². The molecule has 16 heavy (non-hydrogen) atoms. The van der Waals surface area contributed by atoms with Crippen molar-refractivity contribution in [2.75, 3.05) is 0 Å². The summed E-state index contributed by atoms with van der Waals surface area (Å²) < 4.78 is 3.43. The number of benzene rings is 1. The Hall–Kier alpha value is -0.800. The Labute approximate surface area is 104 Å². The second kappa shape index (κ2) is 3.60. The first-order valence-electron chi connectivity index (χ1n) is 5.71. The zero-order chi connectivity index (χ0) is 11.3. The van der Waals surface area contributed by atoms with E-state index in [1.807, 2.05) is 0 Å². The van der Waals surface area contributed by atoms with Crippen LogP contribution in [-0.4, -0.2) is 4.57 Å². The molecule has 3 rings (SSSR count). The third kappa shape index (κ3) is 1.35. The summed E-state index contributed by atoms with van der Waals surface area (Å²) in [5.41, 5.74) is 10.3. The van der Waals surface area contributed by atoms with Crippen LogP contribution in [0.15, 0.2) is 22.7 Å². The summed E-state index contributed by atoms with van der Waals surface area (Å²) >= 11 is 3.54. The maximum Gasteiger partial charge on any atom is 0.0484 e. The largest absolute Gasteiger partial charge is 0.347 e. The summed E-state index contributed by atoms with van der Waals surface area (Å²) in [4.78, 5) is 0. The molecule has 0 aliphatic heterocycles. The lowest BCUT2D eigenvalue weighted by atomic mass is 9.91. The molecule has 1 unspecified atom stereocenters. The van der Waals surface area contributed by atoms with Crippen molar-refractivity contribution < 1.29 is 0 Å². The van der Waals surface area contributed by atoms with E-state index in [1.54, 1.807) is 0 Å². The van der Waals surface area contributed by atoms with E-state index < -0.39 is 0 Å². The molecule has 0 radical (unpaired) electrons. The molecule has 1 aliphatic rings. The number of nitrogens with two attached hydrogens (primary N) is 1. The third-order valence-electron chi connectivity index (χ3n) is 3.63. The normalized spacial score (nSPS) is 20.1. The van der Waals surface area contributed by atoms with Gasteiger partial charge in [-0.1, -0.05) is 15.9 Å². The molecule has 1 aliphatic carbocycles. The van der Waals surface area contributed by atoms with Crippen LogP contribution in [0.2, 0.25) is 0 Å². The lowest BCUT2D eigenvalue weighted by molar-refractivity contribution is 0.557. The highest BCUT2D eigenvalue weighted by molar-refractivity contribution is 9.10. The van der Waals surface area contributed by atoms with Crippen molar-refractivity contribution in [3.8, 4) is 0 Å². The average molecular weight is 279 g/mol. The van der Waals surface area contributed by atoms with Crippen molar-refractivity contribution in [3.63, 3.8) is 0 Å². The highest BCUT2D eigenvalue weighted by atomic mass is 79.9. The van der Waals surface area contributed by atoms with Crippen molar-refractivity contribution in [2.24, 2.45) is 12.8 Å². The summed E-state index contributed by atoms with van der Waals surface area (Å²) in [6.45, 7) is 0. The second-order valence-corrected chi connectivity index (χ2v) is 5.50. The van der Waals surface area contributed by atoms with Gasteiger partial charge >= 0.3 is 0 Å². The predicted octanol–water partition coefficient (Wildman–Crippen LogP) is 3.28. The smallest absolute Gasteiger partial charge is 0.0484 e. The molecule has 3 heteroatoms. The van der Waals surface area contributed by atoms with Gasteiger partial charge in [0.05, 0.1) is 0 Å². The number of halogens is 1. The lowest BCUT2D eigenvalue weighted by Gasteiger charge is -2.20. The molecule has 0 saturated carbocycles. The monoisotopic (exact) mass is 278 g/mol. The van der Waals surface area contributed by atoms with Crippen molar-refractivity contribution >= 4 is 26.8 Å². The number of fused-ring (bicyclic) bond motifs is 3. The van der Waals surface area contributed by atoms with E-state index in [9.17, 15) is 0 Å². The summed E-state index contributed by atoms with van der Waals surface area (Å²) in [7, 11) is 2.15. The predicted molar refractivity (Wildman–Crippen MR) is 70.5 cm³/mol. The van der Waals surface area contributed by atoms with Gasteiger partial charge in [0.25, 0.3) is 0 Å². The van der Waals surface area contributed by atoms with E-state index in [-0.39, 0.29) is 6.04 Å². The molecule has 84 valence electrons. The Bertz CT molecular complexity index is 557. The quantitative estimate of drug-likeness (QED) is 0.788. The Kier molecular flexibility index (Phi) is 2.33. The van der Waals surface area contributed by atoms with Crippen LogP contribution in [0.1, 0.15) is 30.1 Å². The summed E-state index contributed by atoms with van der Waals surface area (Å²) in [6, 6.07) is 6.67. The fourth-order valence-electron chi connectivity index (χ4n) is 2.85. The second-order valence-electron chi connectivity index (χ2n) is 4.58.